The number of halogens is 3. The van der Waals surface area contributed by atoms with Gasteiger partial charge in [-0.1, -0.05) is 42.1 Å². The van der Waals surface area contributed by atoms with Gasteiger partial charge in [0.1, 0.15) is 6.54 Å². The number of carbonyl (C=O) groups excluding carboxylic acids is 1. The number of nitrogens with zero attached hydrogens (tertiary/aromatic N) is 1. The van der Waals surface area contributed by atoms with E-state index in [1.54, 1.807) is 0 Å². The van der Waals surface area contributed by atoms with Crippen LogP contribution in [0.1, 0.15) is 0 Å². The second kappa shape index (κ2) is 6.95. The Morgan fingerprint density at radius 3 is 2.67 bits per heavy atom. The van der Waals surface area contributed by atoms with Crippen LogP contribution in [0.15, 0.2) is 40.1 Å². The lowest BCUT2D eigenvalue weighted by atomic mass is 10.2. The minimum Gasteiger partial charge on any atom is -0.346 e. The van der Waals surface area contributed by atoms with Crippen molar-refractivity contribution in [1.82, 2.24) is 10.3 Å². The lowest BCUT2D eigenvalue weighted by Gasteiger charge is -2.07. The summed E-state index contributed by atoms with van der Waals surface area (Å²) in [5, 5.41) is 3.68. The third-order valence-corrected chi connectivity index (χ3v) is 4.39. The third kappa shape index (κ3) is 5.39. The molecular weight excluding hydrogens is 321 g/mol. The molecule has 0 fully saturated rings. The van der Waals surface area contributed by atoms with Gasteiger partial charge in [0.05, 0.1) is 11.4 Å². The summed E-state index contributed by atoms with van der Waals surface area (Å²) in [7, 11) is 0. The Hall–Kier alpha value is -1.54. The van der Waals surface area contributed by atoms with Crippen molar-refractivity contribution in [3.8, 4) is 11.3 Å². The highest BCUT2D eigenvalue weighted by Crippen LogP contribution is 2.27. The average Bonchev–Trinajstić information content (AvgIpc) is 2.92. The maximum Gasteiger partial charge on any atom is 0.405 e. The number of hydrogen-bond acceptors (Lipinski definition) is 4. The quantitative estimate of drug-likeness (QED) is 0.851. The molecule has 1 heterocycles. The van der Waals surface area contributed by atoms with Crippen molar-refractivity contribution in [2.75, 3.05) is 12.3 Å². The van der Waals surface area contributed by atoms with Crippen LogP contribution in [-0.2, 0) is 4.79 Å². The summed E-state index contributed by atoms with van der Waals surface area (Å²) < 4.78 is 36.5. The predicted octanol–water partition coefficient (Wildman–Crippen LogP) is 3.58. The lowest BCUT2D eigenvalue weighted by molar-refractivity contribution is -0.136. The Morgan fingerprint density at radius 2 is 2.00 bits per heavy atom. The van der Waals surface area contributed by atoms with Gasteiger partial charge in [-0.25, -0.2) is 4.98 Å². The first-order chi connectivity index (χ1) is 9.94. The van der Waals surface area contributed by atoms with E-state index in [0.29, 0.717) is 4.34 Å². The molecule has 0 saturated carbocycles. The van der Waals surface area contributed by atoms with Crippen LogP contribution in [0.2, 0.25) is 0 Å². The Morgan fingerprint density at radius 1 is 1.29 bits per heavy atom. The van der Waals surface area contributed by atoms with Gasteiger partial charge >= 0.3 is 6.18 Å². The Kier molecular flexibility index (Phi) is 5.24. The summed E-state index contributed by atoms with van der Waals surface area (Å²) in [5.74, 6) is -0.744. The number of amides is 1. The van der Waals surface area contributed by atoms with E-state index in [4.69, 9.17) is 0 Å². The number of thiazole rings is 1. The molecule has 21 heavy (non-hydrogen) atoms. The fourth-order valence-electron chi connectivity index (χ4n) is 1.44. The Balaban J connectivity index is 1.85. The van der Waals surface area contributed by atoms with E-state index in [-0.39, 0.29) is 5.75 Å². The van der Waals surface area contributed by atoms with E-state index >= 15 is 0 Å². The molecule has 1 aromatic heterocycles. The molecule has 0 bridgehead atoms. The van der Waals surface area contributed by atoms with E-state index in [0.717, 1.165) is 23.0 Å². The van der Waals surface area contributed by atoms with Crippen LogP contribution in [0.4, 0.5) is 13.2 Å². The van der Waals surface area contributed by atoms with Crippen molar-refractivity contribution in [3.05, 3.63) is 35.7 Å². The average molecular weight is 332 g/mol. The van der Waals surface area contributed by atoms with E-state index < -0.39 is 18.6 Å². The maximum atomic E-state index is 11.9. The van der Waals surface area contributed by atoms with Crippen LogP contribution in [0.3, 0.4) is 0 Å². The molecule has 1 N–H and O–H groups in total. The largest absolute Gasteiger partial charge is 0.405 e. The Labute approximate surface area is 127 Å². The fourth-order valence-corrected chi connectivity index (χ4v) is 3.11. The molecule has 0 aliphatic heterocycles. The molecule has 1 amide bonds. The van der Waals surface area contributed by atoms with E-state index in [1.165, 1.54) is 11.3 Å². The first kappa shape index (κ1) is 15.8. The van der Waals surface area contributed by atoms with Gasteiger partial charge in [0.15, 0.2) is 4.34 Å². The number of carbonyl (C=O) groups is 1. The van der Waals surface area contributed by atoms with Gasteiger partial charge in [0.25, 0.3) is 0 Å². The van der Waals surface area contributed by atoms with Crippen LogP contribution in [-0.4, -0.2) is 29.4 Å². The summed E-state index contributed by atoms with van der Waals surface area (Å²) in [6, 6.07) is 9.52. The van der Waals surface area contributed by atoms with Crippen LogP contribution < -0.4 is 5.32 Å². The molecule has 0 radical (unpaired) electrons. The highest BCUT2D eigenvalue weighted by atomic mass is 32.2. The zero-order chi connectivity index (χ0) is 15.3. The molecule has 1 aromatic carbocycles. The van der Waals surface area contributed by atoms with Gasteiger partial charge < -0.3 is 5.32 Å². The minimum atomic E-state index is -4.39. The summed E-state index contributed by atoms with van der Waals surface area (Å²) >= 11 is 2.48. The van der Waals surface area contributed by atoms with Crippen LogP contribution in [0, 0.1) is 0 Å². The molecule has 112 valence electrons. The number of thioether (sulfide) groups is 1. The number of alkyl halides is 3. The monoisotopic (exact) mass is 332 g/mol. The lowest BCUT2D eigenvalue weighted by Crippen LogP contribution is -2.34. The second-order valence-electron chi connectivity index (χ2n) is 4.05. The van der Waals surface area contributed by atoms with E-state index in [1.807, 2.05) is 41.0 Å². The highest BCUT2D eigenvalue weighted by Gasteiger charge is 2.27. The van der Waals surface area contributed by atoms with E-state index in [2.05, 4.69) is 4.98 Å². The second-order valence-corrected chi connectivity index (χ2v) is 6.13. The molecule has 0 atom stereocenters. The fraction of sp³-hybridized carbons (Fsp3) is 0.231. The van der Waals surface area contributed by atoms with E-state index in [9.17, 15) is 18.0 Å². The molecule has 0 spiro atoms. The van der Waals surface area contributed by atoms with Gasteiger partial charge in [-0.2, -0.15) is 13.2 Å². The van der Waals surface area contributed by atoms with Gasteiger partial charge in [-0.05, 0) is 0 Å². The van der Waals surface area contributed by atoms with Crippen molar-refractivity contribution >= 4 is 29.0 Å². The van der Waals surface area contributed by atoms with Gasteiger partial charge in [0, 0.05) is 10.9 Å². The summed E-state index contributed by atoms with van der Waals surface area (Å²) in [5.41, 5.74) is 1.75. The van der Waals surface area contributed by atoms with Crippen molar-refractivity contribution in [2.45, 2.75) is 10.5 Å². The van der Waals surface area contributed by atoms with Gasteiger partial charge in [0.2, 0.25) is 5.91 Å². The molecule has 0 saturated heterocycles. The van der Waals surface area contributed by atoms with Crippen LogP contribution >= 0.6 is 23.1 Å². The molecule has 0 aliphatic carbocycles. The number of aromatic nitrogens is 1. The van der Waals surface area contributed by atoms with Crippen molar-refractivity contribution in [3.63, 3.8) is 0 Å². The first-order valence-corrected chi connectivity index (χ1v) is 7.78. The maximum absolute atomic E-state index is 11.9. The number of nitrogens with one attached hydrogen (secondary N) is 1. The topological polar surface area (TPSA) is 42.0 Å². The Bertz CT molecular complexity index is 599. The molecule has 8 heteroatoms. The highest BCUT2D eigenvalue weighted by molar-refractivity contribution is 8.01. The van der Waals surface area contributed by atoms with Gasteiger partial charge in [-0.15, -0.1) is 11.3 Å². The SMILES string of the molecule is O=C(CSc1nc(-c2ccccc2)cs1)NCC(F)(F)F. The molecule has 0 unspecified atom stereocenters. The number of rotatable bonds is 5. The summed E-state index contributed by atoms with van der Waals surface area (Å²) in [6.07, 6.45) is -4.39. The zero-order valence-electron chi connectivity index (χ0n) is 10.7. The molecule has 2 rings (SSSR count). The number of hydrogen-bond donors (Lipinski definition) is 1. The van der Waals surface area contributed by atoms with Crippen LogP contribution in [0.25, 0.3) is 11.3 Å². The predicted molar refractivity (Wildman–Crippen MR) is 77.3 cm³/mol. The van der Waals surface area contributed by atoms with Crippen LogP contribution in [0.5, 0.6) is 0 Å². The van der Waals surface area contributed by atoms with Gasteiger partial charge in [-0.3, -0.25) is 4.79 Å². The zero-order valence-corrected chi connectivity index (χ0v) is 12.3. The first-order valence-electron chi connectivity index (χ1n) is 5.91. The number of benzene rings is 1. The normalized spacial score (nSPS) is 11.4. The third-order valence-electron chi connectivity index (χ3n) is 2.37. The van der Waals surface area contributed by atoms with Crippen molar-refractivity contribution < 1.29 is 18.0 Å². The van der Waals surface area contributed by atoms with Crippen molar-refractivity contribution in [1.29, 1.82) is 0 Å². The molecule has 2 aromatic rings. The molecular formula is C13H11F3N2OS2. The minimum absolute atomic E-state index is 0.0855. The van der Waals surface area contributed by atoms with Crippen molar-refractivity contribution in [2.24, 2.45) is 0 Å². The summed E-state index contributed by atoms with van der Waals surface area (Å²) in [6.45, 7) is -1.31. The smallest absolute Gasteiger partial charge is 0.346 e. The molecule has 3 nitrogen and oxygen atoms in total. The summed E-state index contributed by atoms with van der Waals surface area (Å²) in [4.78, 5) is 15.6. The standard InChI is InChI=1S/C13H11F3N2OS2/c14-13(15,16)8-17-11(19)7-21-12-18-10(6-20-12)9-4-2-1-3-5-9/h1-6H,7-8H2,(H,17,19). The molecule has 0 aliphatic rings.